The number of nitrogens with zero attached hydrogens (tertiary/aromatic N) is 4. The summed E-state index contributed by atoms with van der Waals surface area (Å²) in [4.78, 5) is 13.7. The third kappa shape index (κ3) is 2.04. The summed E-state index contributed by atoms with van der Waals surface area (Å²) in [5.74, 6) is 5.66. The first kappa shape index (κ1) is 12.0. The van der Waals surface area contributed by atoms with E-state index in [9.17, 15) is 4.79 Å². The van der Waals surface area contributed by atoms with E-state index in [2.05, 4.69) is 5.10 Å². The van der Waals surface area contributed by atoms with Crippen LogP contribution in [0.2, 0.25) is 0 Å². The number of aromatic nitrogens is 2. The molecule has 2 heterocycles. The first-order valence-electron chi connectivity index (χ1n) is 6.38. The lowest BCUT2D eigenvalue weighted by Crippen LogP contribution is -2.52. The lowest BCUT2D eigenvalue weighted by Gasteiger charge is -2.32. The van der Waals surface area contributed by atoms with Gasteiger partial charge in [-0.2, -0.15) is 5.10 Å². The van der Waals surface area contributed by atoms with Gasteiger partial charge in [-0.3, -0.25) is 9.69 Å². The number of nitrogens with two attached hydrogens (primary N) is 1. The van der Waals surface area contributed by atoms with E-state index >= 15 is 0 Å². The minimum Gasteiger partial charge on any atom is -0.317 e. The third-order valence-electron chi connectivity index (χ3n) is 3.52. The van der Waals surface area contributed by atoms with E-state index < -0.39 is 0 Å². The van der Waals surface area contributed by atoms with E-state index in [4.69, 9.17) is 5.84 Å². The quantitative estimate of drug-likeness (QED) is 0.648. The standard InChI is InChI=1S/C13H17N5O/c1-16-12-6-3-2-5-10(12)11(15-16)9-17-7-4-8-18(14)13(17)19/h2-3,5-6H,4,7-9,14H2,1H3. The Morgan fingerprint density at radius 1 is 1.32 bits per heavy atom. The topological polar surface area (TPSA) is 67.4 Å². The second-order valence-electron chi connectivity index (χ2n) is 4.84. The molecule has 1 aliphatic heterocycles. The van der Waals surface area contributed by atoms with Crippen LogP contribution < -0.4 is 5.84 Å². The van der Waals surface area contributed by atoms with Gasteiger partial charge in [-0.05, 0) is 12.5 Å². The van der Waals surface area contributed by atoms with Crippen molar-refractivity contribution in [2.75, 3.05) is 13.1 Å². The molecule has 0 saturated carbocycles. The van der Waals surface area contributed by atoms with Gasteiger partial charge in [0.05, 0.1) is 17.8 Å². The van der Waals surface area contributed by atoms with Crippen LogP contribution in [-0.4, -0.2) is 38.8 Å². The van der Waals surface area contributed by atoms with Crippen LogP contribution >= 0.6 is 0 Å². The molecule has 0 spiro atoms. The molecule has 2 aromatic rings. The zero-order chi connectivity index (χ0) is 13.4. The Morgan fingerprint density at radius 2 is 2.11 bits per heavy atom. The summed E-state index contributed by atoms with van der Waals surface area (Å²) in [6.07, 6.45) is 0.896. The summed E-state index contributed by atoms with van der Waals surface area (Å²) >= 11 is 0. The maximum atomic E-state index is 12.0. The van der Waals surface area contributed by atoms with Crippen molar-refractivity contribution in [1.82, 2.24) is 19.7 Å². The number of aryl methyl sites for hydroxylation is 1. The van der Waals surface area contributed by atoms with Crippen LogP contribution in [0, 0.1) is 0 Å². The van der Waals surface area contributed by atoms with Crippen LogP contribution in [-0.2, 0) is 13.6 Å². The fraction of sp³-hybridized carbons (Fsp3) is 0.385. The molecule has 1 saturated heterocycles. The molecule has 6 nitrogen and oxygen atoms in total. The molecule has 0 radical (unpaired) electrons. The number of rotatable bonds is 2. The zero-order valence-corrected chi connectivity index (χ0v) is 10.9. The van der Waals surface area contributed by atoms with Crippen LogP contribution in [0.5, 0.6) is 0 Å². The number of fused-ring (bicyclic) bond motifs is 1. The van der Waals surface area contributed by atoms with Crippen molar-refractivity contribution in [3.8, 4) is 0 Å². The number of urea groups is 1. The molecule has 2 amide bonds. The molecule has 1 aliphatic rings. The zero-order valence-electron chi connectivity index (χ0n) is 10.9. The predicted octanol–water partition coefficient (Wildman–Crippen LogP) is 1.07. The van der Waals surface area contributed by atoms with Gasteiger partial charge in [-0.25, -0.2) is 10.6 Å². The van der Waals surface area contributed by atoms with Crippen molar-refractivity contribution in [3.05, 3.63) is 30.0 Å². The van der Waals surface area contributed by atoms with Crippen molar-refractivity contribution in [2.45, 2.75) is 13.0 Å². The molecule has 0 bridgehead atoms. The van der Waals surface area contributed by atoms with Crippen molar-refractivity contribution < 1.29 is 4.79 Å². The highest BCUT2D eigenvalue weighted by Gasteiger charge is 2.24. The first-order valence-corrected chi connectivity index (χ1v) is 6.38. The summed E-state index contributed by atoms with van der Waals surface area (Å²) in [5, 5.41) is 6.87. The van der Waals surface area contributed by atoms with Gasteiger partial charge in [-0.1, -0.05) is 18.2 Å². The van der Waals surface area contributed by atoms with Gasteiger partial charge >= 0.3 is 6.03 Å². The Kier molecular flexibility index (Phi) is 2.87. The summed E-state index contributed by atoms with van der Waals surface area (Å²) in [6.45, 7) is 1.86. The average molecular weight is 259 g/mol. The Morgan fingerprint density at radius 3 is 2.95 bits per heavy atom. The Bertz CT molecular complexity index is 621. The van der Waals surface area contributed by atoms with Crippen LogP contribution in [0.25, 0.3) is 10.9 Å². The van der Waals surface area contributed by atoms with E-state index in [1.807, 2.05) is 36.0 Å². The van der Waals surface area contributed by atoms with Crippen LogP contribution in [0.3, 0.4) is 0 Å². The van der Waals surface area contributed by atoms with Crippen LogP contribution in [0.1, 0.15) is 12.1 Å². The molecule has 6 heteroatoms. The minimum atomic E-state index is -0.124. The number of hydrogen-bond donors (Lipinski definition) is 1. The van der Waals surface area contributed by atoms with Gasteiger partial charge in [0.25, 0.3) is 0 Å². The Balaban J connectivity index is 1.91. The molecule has 2 N–H and O–H groups in total. The monoisotopic (exact) mass is 259 g/mol. The lowest BCUT2D eigenvalue weighted by molar-refractivity contribution is 0.126. The molecule has 100 valence electrons. The maximum Gasteiger partial charge on any atom is 0.334 e. The molecule has 1 aromatic heterocycles. The number of amides is 2. The van der Waals surface area contributed by atoms with E-state index in [0.29, 0.717) is 13.1 Å². The molecule has 0 unspecified atom stereocenters. The molecule has 3 rings (SSSR count). The second-order valence-corrected chi connectivity index (χ2v) is 4.84. The van der Waals surface area contributed by atoms with Crippen molar-refractivity contribution in [1.29, 1.82) is 0 Å². The number of hydrazine groups is 1. The normalized spacial score (nSPS) is 16.4. The largest absolute Gasteiger partial charge is 0.334 e. The van der Waals surface area contributed by atoms with Crippen molar-refractivity contribution in [2.24, 2.45) is 12.9 Å². The molecular weight excluding hydrogens is 242 g/mol. The van der Waals surface area contributed by atoms with E-state index in [1.54, 1.807) is 4.90 Å². The molecule has 0 atom stereocenters. The Labute approximate surface area is 111 Å². The van der Waals surface area contributed by atoms with Gasteiger partial charge in [0.15, 0.2) is 0 Å². The van der Waals surface area contributed by atoms with Crippen molar-refractivity contribution >= 4 is 16.9 Å². The summed E-state index contributed by atoms with van der Waals surface area (Å²) in [7, 11) is 1.92. The molecule has 1 aromatic carbocycles. The predicted molar refractivity (Wildman–Crippen MR) is 72.0 cm³/mol. The number of carbonyl (C=O) groups excluding carboxylic acids is 1. The van der Waals surface area contributed by atoms with Gasteiger partial charge in [0.2, 0.25) is 0 Å². The number of benzene rings is 1. The SMILES string of the molecule is Cn1nc(CN2CCCN(N)C2=O)c2ccccc21. The molecular formula is C13H17N5O. The Hall–Kier alpha value is -2.08. The number of para-hydroxylation sites is 1. The molecule has 1 fully saturated rings. The van der Waals surface area contributed by atoms with Gasteiger partial charge < -0.3 is 4.90 Å². The fourth-order valence-corrected chi connectivity index (χ4v) is 2.54. The van der Waals surface area contributed by atoms with E-state index in [0.717, 1.165) is 29.6 Å². The first-order chi connectivity index (χ1) is 9.16. The maximum absolute atomic E-state index is 12.0. The third-order valence-corrected chi connectivity index (χ3v) is 3.52. The number of hydrogen-bond acceptors (Lipinski definition) is 3. The van der Waals surface area contributed by atoms with Gasteiger partial charge in [-0.15, -0.1) is 0 Å². The van der Waals surface area contributed by atoms with Crippen molar-refractivity contribution in [3.63, 3.8) is 0 Å². The van der Waals surface area contributed by atoms with Crippen LogP contribution in [0.4, 0.5) is 4.79 Å². The van der Waals surface area contributed by atoms with Gasteiger partial charge in [0.1, 0.15) is 0 Å². The average Bonchev–Trinajstić information content (AvgIpc) is 2.73. The molecule has 0 aliphatic carbocycles. The fourth-order valence-electron chi connectivity index (χ4n) is 2.54. The van der Waals surface area contributed by atoms with E-state index in [-0.39, 0.29) is 6.03 Å². The second kappa shape index (κ2) is 4.55. The molecule has 19 heavy (non-hydrogen) atoms. The highest BCUT2D eigenvalue weighted by Crippen LogP contribution is 2.20. The summed E-state index contributed by atoms with van der Waals surface area (Å²) in [6, 6.07) is 7.91. The minimum absolute atomic E-state index is 0.124. The van der Waals surface area contributed by atoms with E-state index in [1.165, 1.54) is 5.01 Å². The highest BCUT2D eigenvalue weighted by molar-refractivity contribution is 5.82. The highest BCUT2D eigenvalue weighted by atomic mass is 16.2. The lowest BCUT2D eigenvalue weighted by atomic mass is 10.2. The van der Waals surface area contributed by atoms with Crippen LogP contribution in [0.15, 0.2) is 24.3 Å². The van der Waals surface area contributed by atoms with Gasteiger partial charge in [0, 0.05) is 25.5 Å². The summed E-state index contributed by atoms with van der Waals surface area (Å²) in [5.41, 5.74) is 1.99. The summed E-state index contributed by atoms with van der Waals surface area (Å²) < 4.78 is 1.85. The number of carbonyl (C=O) groups is 1. The smallest absolute Gasteiger partial charge is 0.317 e.